The van der Waals surface area contributed by atoms with Crippen LogP contribution in [0, 0.1) is 0 Å². The second-order valence-electron chi connectivity index (χ2n) is 4.17. The Morgan fingerprint density at radius 2 is 2.16 bits per heavy atom. The van der Waals surface area contributed by atoms with E-state index in [0.29, 0.717) is 18.8 Å². The number of aryl methyl sites for hydroxylation is 1. The minimum atomic E-state index is -4.14. The Morgan fingerprint density at radius 1 is 1.47 bits per heavy atom. The molecule has 1 aromatic heterocycles. The fourth-order valence-corrected chi connectivity index (χ4v) is 1.52. The van der Waals surface area contributed by atoms with E-state index >= 15 is 0 Å². The molecule has 0 aliphatic heterocycles. The van der Waals surface area contributed by atoms with Gasteiger partial charge in [-0.3, -0.25) is 0 Å². The van der Waals surface area contributed by atoms with Crippen LogP contribution in [0.15, 0.2) is 12.4 Å². The molecule has 0 aliphatic carbocycles. The monoisotopic (exact) mass is 283 g/mol. The first-order valence-corrected chi connectivity index (χ1v) is 5.86. The third kappa shape index (κ3) is 4.79. The summed E-state index contributed by atoms with van der Waals surface area (Å²) in [6.07, 6.45) is -0.0190. The highest BCUT2D eigenvalue weighted by molar-refractivity contribution is 4.94. The predicted octanol–water partition coefficient (Wildman–Crippen LogP) is 1.69. The Labute approximate surface area is 108 Å². The maximum absolute atomic E-state index is 12.6. The zero-order valence-electron chi connectivity index (χ0n) is 10.5. The van der Waals surface area contributed by atoms with Gasteiger partial charge in [-0.25, -0.2) is 13.8 Å². The molecule has 0 radical (unpaired) electrons. The number of halogens is 4. The van der Waals surface area contributed by atoms with Gasteiger partial charge in [-0.1, -0.05) is 0 Å². The van der Waals surface area contributed by atoms with Gasteiger partial charge in [0.15, 0.2) is 0 Å². The van der Waals surface area contributed by atoms with Gasteiger partial charge in [0.25, 0.3) is 0 Å². The van der Waals surface area contributed by atoms with Crippen LogP contribution in [-0.2, 0) is 17.7 Å². The number of hydrogen-bond donors (Lipinski definition) is 1. The Morgan fingerprint density at radius 3 is 2.74 bits per heavy atom. The summed E-state index contributed by atoms with van der Waals surface area (Å²) in [5, 5.41) is 0. The highest BCUT2D eigenvalue weighted by Crippen LogP contribution is 2.22. The lowest BCUT2D eigenvalue weighted by molar-refractivity contribution is -0.166. The Bertz CT molecular complexity index is 384. The summed E-state index contributed by atoms with van der Waals surface area (Å²) in [5.74, 6) is -3.43. The van der Waals surface area contributed by atoms with Gasteiger partial charge in [0.05, 0.1) is 6.61 Å². The van der Waals surface area contributed by atoms with E-state index in [-0.39, 0.29) is 6.61 Å². The molecule has 0 aliphatic rings. The molecule has 1 rings (SSSR count). The van der Waals surface area contributed by atoms with E-state index in [2.05, 4.69) is 9.72 Å². The molecule has 0 fully saturated rings. The number of nitrogens with zero attached hydrogens (tertiary/aromatic N) is 2. The van der Waals surface area contributed by atoms with Crippen molar-refractivity contribution in [1.29, 1.82) is 0 Å². The number of nitrogens with two attached hydrogens (primary N) is 1. The Kier molecular flexibility index (Phi) is 5.74. The van der Waals surface area contributed by atoms with Crippen LogP contribution >= 0.6 is 0 Å². The topological polar surface area (TPSA) is 53.1 Å². The first-order chi connectivity index (χ1) is 8.86. The fraction of sp³-hybridized carbons (Fsp3) is 0.727. The Hall–Kier alpha value is -1.15. The lowest BCUT2D eigenvalue weighted by Gasteiger charge is -2.17. The van der Waals surface area contributed by atoms with E-state index in [9.17, 15) is 17.6 Å². The first-order valence-electron chi connectivity index (χ1n) is 5.86. The van der Waals surface area contributed by atoms with Gasteiger partial charge in [-0.05, 0) is 6.92 Å². The number of hydrogen-bond acceptors (Lipinski definition) is 3. The SMILES string of the molecule is CCn1ccnc1CC(N)COCC(F)(F)C(F)F. The van der Waals surface area contributed by atoms with Crippen molar-refractivity contribution in [2.24, 2.45) is 5.73 Å². The van der Waals surface area contributed by atoms with Gasteiger partial charge in [0, 0.05) is 31.4 Å². The molecule has 1 heterocycles. The maximum Gasteiger partial charge on any atom is 0.330 e. The summed E-state index contributed by atoms with van der Waals surface area (Å²) >= 11 is 0. The molecule has 1 atom stereocenters. The van der Waals surface area contributed by atoms with E-state index in [1.54, 1.807) is 12.4 Å². The van der Waals surface area contributed by atoms with Crippen molar-refractivity contribution in [1.82, 2.24) is 9.55 Å². The number of aromatic nitrogens is 2. The lowest BCUT2D eigenvalue weighted by atomic mass is 10.2. The van der Waals surface area contributed by atoms with E-state index in [4.69, 9.17) is 5.73 Å². The van der Waals surface area contributed by atoms with Crippen molar-refractivity contribution < 1.29 is 22.3 Å². The average Bonchev–Trinajstić information content (AvgIpc) is 2.75. The van der Waals surface area contributed by atoms with Gasteiger partial charge in [0.2, 0.25) is 0 Å². The number of ether oxygens (including phenoxy) is 1. The van der Waals surface area contributed by atoms with Crippen LogP contribution in [0.25, 0.3) is 0 Å². The van der Waals surface area contributed by atoms with Crippen molar-refractivity contribution in [2.75, 3.05) is 13.2 Å². The molecule has 110 valence electrons. The fourth-order valence-electron chi connectivity index (χ4n) is 1.52. The van der Waals surface area contributed by atoms with Crippen molar-refractivity contribution in [2.45, 2.75) is 38.3 Å². The van der Waals surface area contributed by atoms with Gasteiger partial charge in [0.1, 0.15) is 12.4 Å². The molecule has 4 nitrogen and oxygen atoms in total. The Balaban J connectivity index is 2.34. The van der Waals surface area contributed by atoms with Crippen molar-refractivity contribution in [3.8, 4) is 0 Å². The quantitative estimate of drug-likeness (QED) is 0.739. The summed E-state index contributed by atoms with van der Waals surface area (Å²) in [7, 11) is 0. The summed E-state index contributed by atoms with van der Waals surface area (Å²) in [4.78, 5) is 4.07. The molecule has 2 N–H and O–H groups in total. The summed E-state index contributed by atoms with van der Waals surface area (Å²) in [6, 6.07) is -0.568. The lowest BCUT2D eigenvalue weighted by Crippen LogP contribution is -2.36. The predicted molar refractivity (Wildman–Crippen MR) is 61.4 cm³/mol. The number of imidazole rings is 1. The van der Waals surface area contributed by atoms with E-state index in [0.717, 1.165) is 0 Å². The van der Waals surface area contributed by atoms with Crippen LogP contribution in [0.1, 0.15) is 12.7 Å². The molecule has 8 heteroatoms. The van der Waals surface area contributed by atoms with Crippen LogP contribution in [-0.4, -0.2) is 41.2 Å². The number of alkyl halides is 4. The summed E-state index contributed by atoms with van der Waals surface area (Å²) in [6.45, 7) is 1.09. The minimum absolute atomic E-state index is 0.223. The third-order valence-electron chi connectivity index (χ3n) is 2.53. The molecule has 19 heavy (non-hydrogen) atoms. The second kappa shape index (κ2) is 6.85. The van der Waals surface area contributed by atoms with Crippen molar-refractivity contribution in [3.05, 3.63) is 18.2 Å². The summed E-state index contributed by atoms with van der Waals surface area (Å²) < 4.78 is 55.3. The highest BCUT2D eigenvalue weighted by atomic mass is 19.3. The van der Waals surface area contributed by atoms with E-state index in [1.807, 2.05) is 11.5 Å². The van der Waals surface area contributed by atoms with Crippen molar-refractivity contribution >= 4 is 0 Å². The normalized spacial score (nSPS) is 14.1. The molecule has 1 aromatic rings. The molecular formula is C11H17F4N3O. The van der Waals surface area contributed by atoms with Gasteiger partial charge in [-0.15, -0.1) is 0 Å². The minimum Gasteiger partial charge on any atom is -0.373 e. The zero-order valence-corrected chi connectivity index (χ0v) is 10.5. The van der Waals surface area contributed by atoms with Crippen LogP contribution in [0.3, 0.4) is 0 Å². The van der Waals surface area contributed by atoms with E-state index in [1.165, 1.54) is 0 Å². The van der Waals surface area contributed by atoms with Gasteiger partial charge >= 0.3 is 12.3 Å². The van der Waals surface area contributed by atoms with Crippen molar-refractivity contribution in [3.63, 3.8) is 0 Å². The second-order valence-corrected chi connectivity index (χ2v) is 4.17. The highest BCUT2D eigenvalue weighted by Gasteiger charge is 2.41. The third-order valence-corrected chi connectivity index (χ3v) is 2.53. The average molecular weight is 283 g/mol. The molecule has 0 bridgehead atoms. The first kappa shape index (κ1) is 15.9. The summed E-state index contributed by atoms with van der Waals surface area (Å²) in [5.41, 5.74) is 5.68. The number of rotatable bonds is 8. The smallest absolute Gasteiger partial charge is 0.330 e. The maximum atomic E-state index is 12.6. The molecule has 0 saturated heterocycles. The zero-order chi connectivity index (χ0) is 14.5. The van der Waals surface area contributed by atoms with Gasteiger partial charge in [-0.2, -0.15) is 8.78 Å². The molecule has 1 unspecified atom stereocenters. The van der Waals surface area contributed by atoms with Crippen LogP contribution < -0.4 is 5.73 Å². The van der Waals surface area contributed by atoms with Crippen LogP contribution in [0.4, 0.5) is 17.6 Å². The molecule has 0 amide bonds. The molecule has 0 spiro atoms. The van der Waals surface area contributed by atoms with Crippen LogP contribution in [0.2, 0.25) is 0 Å². The molecule has 0 aromatic carbocycles. The van der Waals surface area contributed by atoms with Gasteiger partial charge < -0.3 is 15.0 Å². The standard InChI is InChI=1S/C11H17F4N3O/c1-2-18-4-3-17-9(18)5-8(16)6-19-7-11(14,15)10(12)13/h3-4,8,10H,2,5-7,16H2,1H3. The largest absolute Gasteiger partial charge is 0.373 e. The van der Waals surface area contributed by atoms with Crippen LogP contribution in [0.5, 0.6) is 0 Å². The molecular weight excluding hydrogens is 266 g/mol. The molecule has 0 saturated carbocycles. The van der Waals surface area contributed by atoms with E-state index < -0.39 is 25.0 Å².